The van der Waals surface area contributed by atoms with Crippen LogP contribution in [-0.2, 0) is 11.3 Å². The molecule has 32 heavy (non-hydrogen) atoms. The molecular weight excluding hydrogens is 442 g/mol. The number of halogens is 1. The number of amides is 1. The zero-order chi connectivity index (χ0) is 21.7. The van der Waals surface area contributed by atoms with Gasteiger partial charge in [0.25, 0.3) is 0 Å². The number of hydrogen-bond acceptors (Lipinski definition) is 5. The van der Waals surface area contributed by atoms with Crippen molar-refractivity contribution in [2.45, 2.75) is 13.0 Å². The van der Waals surface area contributed by atoms with E-state index in [9.17, 15) is 4.79 Å². The average Bonchev–Trinajstić information content (AvgIpc) is 3.33. The number of nitrogens with one attached hydrogen (secondary N) is 1. The van der Waals surface area contributed by atoms with E-state index in [-0.39, 0.29) is 5.91 Å². The third kappa shape index (κ3) is 3.26. The molecule has 0 saturated carbocycles. The van der Waals surface area contributed by atoms with Crippen LogP contribution in [0.15, 0.2) is 66.7 Å². The normalized spacial score (nSPS) is 11.7. The van der Waals surface area contributed by atoms with Gasteiger partial charge in [0.1, 0.15) is 5.52 Å². The van der Waals surface area contributed by atoms with Crippen LogP contribution < -0.4 is 5.32 Å². The summed E-state index contributed by atoms with van der Waals surface area (Å²) in [6.07, 6.45) is 0.291. The number of hydrogen-bond donors (Lipinski definition) is 1. The van der Waals surface area contributed by atoms with Crippen molar-refractivity contribution in [1.29, 1.82) is 0 Å². The van der Waals surface area contributed by atoms with Crippen LogP contribution in [0.4, 0.5) is 5.13 Å². The van der Waals surface area contributed by atoms with Crippen LogP contribution in [0.3, 0.4) is 0 Å². The van der Waals surface area contributed by atoms with E-state index in [1.807, 2.05) is 60.7 Å². The van der Waals surface area contributed by atoms with Gasteiger partial charge in [-0.25, -0.2) is 15.0 Å². The Bertz CT molecular complexity index is 1650. The highest BCUT2D eigenvalue weighted by atomic mass is 35.5. The lowest BCUT2D eigenvalue weighted by atomic mass is 10.2. The second-order valence-corrected chi connectivity index (χ2v) is 8.95. The summed E-state index contributed by atoms with van der Waals surface area (Å²) in [5.41, 5.74) is 5.16. The summed E-state index contributed by atoms with van der Waals surface area (Å²) in [6.45, 7) is 0.486. The molecule has 0 aliphatic rings. The number of carbonyl (C=O) groups excluding carboxylic acids is 1. The second kappa shape index (κ2) is 7.55. The topological polar surface area (TPSA) is 72.7 Å². The largest absolute Gasteiger partial charge is 0.323 e. The van der Waals surface area contributed by atoms with Crippen LogP contribution in [0.2, 0.25) is 5.02 Å². The Balaban J connectivity index is 1.32. The lowest BCUT2D eigenvalue weighted by Gasteiger charge is -2.07. The lowest BCUT2D eigenvalue weighted by molar-refractivity contribution is -0.116. The fourth-order valence-electron chi connectivity index (χ4n) is 3.96. The molecule has 3 aromatic carbocycles. The van der Waals surface area contributed by atoms with Gasteiger partial charge in [0.05, 0.1) is 26.8 Å². The van der Waals surface area contributed by atoms with E-state index in [0.29, 0.717) is 23.1 Å². The number of aryl methyl sites for hydroxylation is 1. The monoisotopic (exact) mass is 457 g/mol. The summed E-state index contributed by atoms with van der Waals surface area (Å²) in [5, 5.41) is 5.17. The van der Waals surface area contributed by atoms with Crippen LogP contribution in [-0.4, -0.2) is 25.4 Å². The van der Waals surface area contributed by atoms with Gasteiger partial charge in [-0.2, -0.15) is 0 Å². The first kappa shape index (κ1) is 19.2. The number of benzene rings is 3. The minimum absolute atomic E-state index is 0.102. The molecule has 6 aromatic rings. The van der Waals surface area contributed by atoms with Crippen LogP contribution in [0.1, 0.15) is 6.42 Å². The lowest BCUT2D eigenvalue weighted by Crippen LogP contribution is -2.14. The van der Waals surface area contributed by atoms with E-state index in [1.54, 1.807) is 6.07 Å². The molecule has 8 heteroatoms. The van der Waals surface area contributed by atoms with E-state index in [1.165, 1.54) is 11.3 Å². The van der Waals surface area contributed by atoms with E-state index >= 15 is 0 Å². The molecule has 0 saturated heterocycles. The third-order valence-electron chi connectivity index (χ3n) is 5.42. The van der Waals surface area contributed by atoms with Crippen molar-refractivity contribution in [3.8, 4) is 0 Å². The summed E-state index contributed by atoms with van der Waals surface area (Å²) >= 11 is 7.46. The van der Waals surface area contributed by atoms with Crippen LogP contribution in [0.25, 0.3) is 43.3 Å². The Morgan fingerprint density at radius 1 is 0.938 bits per heavy atom. The number of aromatic nitrogens is 4. The van der Waals surface area contributed by atoms with Gasteiger partial charge in [-0.15, -0.1) is 0 Å². The highest BCUT2D eigenvalue weighted by Gasteiger charge is 2.16. The number of fused-ring (bicyclic) bond motifs is 5. The molecule has 0 radical (unpaired) electrons. The predicted molar refractivity (Wildman–Crippen MR) is 130 cm³/mol. The Hall–Kier alpha value is -3.55. The number of thiazole rings is 1. The van der Waals surface area contributed by atoms with Crippen molar-refractivity contribution in [2.24, 2.45) is 0 Å². The molecule has 3 aromatic heterocycles. The molecule has 0 aliphatic carbocycles. The fourth-order valence-corrected chi connectivity index (χ4v) is 5.11. The Kier molecular flexibility index (Phi) is 4.52. The van der Waals surface area contributed by atoms with E-state index in [2.05, 4.69) is 14.9 Å². The van der Waals surface area contributed by atoms with Crippen molar-refractivity contribution in [3.05, 3.63) is 71.8 Å². The van der Waals surface area contributed by atoms with Gasteiger partial charge < -0.3 is 9.88 Å². The predicted octanol–water partition coefficient (Wildman–Crippen LogP) is 6.03. The van der Waals surface area contributed by atoms with Gasteiger partial charge in [0.15, 0.2) is 10.8 Å². The molecule has 0 fully saturated rings. The van der Waals surface area contributed by atoms with Crippen molar-refractivity contribution in [1.82, 2.24) is 19.5 Å². The molecule has 0 atom stereocenters. The van der Waals surface area contributed by atoms with Crippen molar-refractivity contribution >= 4 is 77.3 Å². The van der Waals surface area contributed by atoms with E-state index in [0.717, 1.165) is 43.3 Å². The molecule has 3 heterocycles. The van der Waals surface area contributed by atoms with Crippen molar-refractivity contribution in [3.63, 3.8) is 0 Å². The third-order valence-corrected chi connectivity index (χ3v) is 6.59. The molecule has 156 valence electrons. The molecule has 0 aliphatic heterocycles. The van der Waals surface area contributed by atoms with Gasteiger partial charge in [0.2, 0.25) is 5.91 Å². The van der Waals surface area contributed by atoms with Crippen LogP contribution >= 0.6 is 22.9 Å². The van der Waals surface area contributed by atoms with Crippen molar-refractivity contribution < 1.29 is 4.79 Å². The minimum Gasteiger partial charge on any atom is -0.323 e. The molecule has 0 unspecified atom stereocenters. The number of para-hydroxylation sites is 3. The highest BCUT2D eigenvalue weighted by molar-refractivity contribution is 7.22. The number of carbonyl (C=O) groups is 1. The fraction of sp³-hybridized carbons (Fsp3) is 0.0833. The maximum Gasteiger partial charge on any atom is 0.227 e. The minimum atomic E-state index is -0.102. The quantitative estimate of drug-likeness (QED) is 0.351. The zero-order valence-corrected chi connectivity index (χ0v) is 18.3. The van der Waals surface area contributed by atoms with E-state index in [4.69, 9.17) is 21.6 Å². The highest BCUT2D eigenvalue weighted by Crippen LogP contribution is 2.30. The molecule has 0 spiro atoms. The summed E-state index contributed by atoms with van der Waals surface area (Å²) in [5.74, 6) is -0.102. The van der Waals surface area contributed by atoms with Crippen LogP contribution in [0, 0.1) is 0 Å². The zero-order valence-electron chi connectivity index (χ0n) is 16.7. The first-order valence-corrected chi connectivity index (χ1v) is 11.3. The number of rotatable bonds is 4. The summed E-state index contributed by atoms with van der Waals surface area (Å²) < 4.78 is 3.01. The SMILES string of the molecule is O=C(CCn1c2ccccc2c2nc3ccccc3nc21)Nc1nc2ccc(Cl)cc2s1. The van der Waals surface area contributed by atoms with Gasteiger partial charge in [0, 0.05) is 23.4 Å². The number of nitrogens with zero attached hydrogens (tertiary/aromatic N) is 4. The van der Waals surface area contributed by atoms with Crippen molar-refractivity contribution in [2.75, 3.05) is 5.32 Å². The first-order valence-electron chi connectivity index (χ1n) is 10.2. The van der Waals surface area contributed by atoms with Gasteiger partial charge in [-0.05, 0) is 36.4 Å². The Morgan fingerprint density at radius 2 is 1.72 bits per heavy atom. The Labute approximate surface area is 191 Å². The average molecular weight is 458 g/mol. The smallest absolute Gasteiger partial charge is 0.227 e. The molecule has 6 rings (SSSR count). The summed E-state index contributed by atoms with van der Waals surface area (Å²) in [6, 6.07) is 21.4. The van der Waals surface area contributed by atoms with Gasteiger partial charge >= 0.3 is 0 Å². The second-order valence-electron chi connectivity index (χ2n) is 7.48. The molecule has 6 nitrogen and oxygen atoms in total. The molecular formula is C24H16ClN5OS. The standard InChI is InChI=1S/C24H16ClN5OS/c25-14-9-10-18-20(13-14)32-24(28-18)29-21(31)11-12-30-19-8-4-1-5-15(19)22-23(30)27-17-7-3-2-6-16(17)26-22/h1-10,13H,11-12H2,(H,28,29,31). The summed E-state index contributed by atoms with van der Waals surface area (Å²) in [7, 11) is 0. The summed E-state index contributed by atoms with van der Waals surface area (Å²) in [4.78, 5) is 26.9. The maximum absolute atomic E-state index is 12.7. The molecule has 1 N–H and O–H groups in total. The maximum atomic E-state index is 12.7. The molecule has 1 amide bonds. The first-order chi connectivity index (χ1) is 15.7. The van der Waals surface area contributed by atoms with Gasteiger partial charge in [-0.1, -0.05) is 53.3 Å². The van der Waals surface area contributed by atoms with E-state index < -0.39 is 0 Å². The van der Waals surface area contributed by atoms with Crippen LogP contribution in [0.5, 0.6) is 0 Å². The Morgan fingerprint density at radius 3 is 2.59 bits per heavy atom. The number of anilines is 1. The van der Waals surface area contributed by atoms with Gasteiger partial charge in [-0.3, -0.25) is 4.79 Å². The molecule has 0 bridgehead atoms.